The number of nitrogens with zero attached hydrogens (tertiary/aromatic N) is 2. The summed E-state index contributed by atoms with van der Waals surface area (Å²) in [5, 5.41) is 9.89. The third-order valence-corrected chi connectivity index (χ3v) is 3.17. The van der Waals surface area contributed by atoms with Crippen molar-refractivity contribution >= 4 is 11.8 Å². The van der Waals surface area contributed by atoms with Crippen molar-refractivity contribution in [2.75, 3.05) is 25.6 Å². The van der Waals surface area contributed by atoms with Gasteiger partial charge in [0.2, 0.25) is 0 Å². The number of carbonyl (C=O) groups excluding carboxylic acids is 1. The minimum atomic E-state index is -0.284. The van der Waals surface area contributed by atoms with E-state index in [2.05, 4.69) is 15.7 Å². The van der Waals surface area contributed by atoms with Crippen LogP contribution >= 0.6 is 0 Å². The van der Waals surface area contributed by atoms with Gasteiger partial charge in [0.15, 0.2) is 0 Å². The molecule has 1 saturated heterocycles. The highest BCUT2D eigenvalue weighted by molar-refractivity contribution is 5.88. The van der Waals surface area contributed by atoms with Gasteiger partial charge >= 0.3 is 6.03 Å². The summed E-state index contributed by atoms with van der Waals surface area (Å²) in [6, 6.07) is 1.35. The lowest BCUT2D eigenvalue weighted by molar-refractivity contribution is 0.0748. The largest absolute Gasteiger partial charge is 0.377 e. The Bertz CT molecular complexity index is 466. The predicted molar refractivity (Wildman–Crippen MR) is 74.8 cm³/mol. The van der Waals surface area contributed by atoms with Crippen molar-refractivity contribution < 1.29 is 14.3 Å². The number of aromatic nitrogens is 2. The molecule has 0 radical (unpaired) electrons. The van der Waals surface area contributed by atoms with E-state index < -0.39 is 0 Å². The van der Waals surface area contributed by atoms with Crippen LogP contribution in [0.3, 0.4) is 0 Å². The summed E-state index contributed by atoms with van der Waals surface area (Å²) >= 11 is 0. The maximum atomic E-state index is 12.0. The van der Waals surface area contributed by atoms with Crippen LogP contribution in [0.1, 0.15) is 20.8 Å². The van der Waals surface area contributed by atoms with Crippen molar-refractivity contribution in [2.45, 2.75) is 38.5 Å². The van der Waals surface area contributed by atoms with Gasteiger partial charge in [0.25, 0.3) is 0 Å². The Morgan fingerprint density at radius 2 is 2.25 bits per heavy atom. The number of nitrogens with one attached hydrogen (secondary N) is 2. The molecule has 0 spiro atoms. The molecule has 2 amide bonds. The van der Waals surface area contributed by atoms with E-state index in [1.165, 1.54) is 0 Å². The van der Waals surface area contributed by atoms with Gasteiger partial charge in [-0.2, -0.15) is 5.10 Å². The number of hydrogen-bond donors (Lipinski definition) is 2. The summed E-state index contributed by atoms with van der Waals surface area (Å²) in [5.41, 5.74) is -0.197. The fraction of sp³-hybridized carbons (Fsp3) is 0.692. The minimum absolute atomic E-state index is 0.103. The third-order valence-electron chi connectivity index (χ3n) is 3.17. The van der Waals surface area contributed by atoms with Gasteiger partial charge in [0.1, 0.15) is 11.9 Å². The van der Waals surface area contributed by atoms with Crippen LogP contribution in [-0.2, 0) is 15.0 Å². The standard InChI is InChI=1S/C13H22N4O3/c1-13(2,3)17-11(5-6-14-17)16-12(18)15-9-7-20-8-10(9)19-4/h5-6,9-10H,7-8H2,1-4H3,(H2,15,16,18)/t9-,10+/m0/s1. The molecule has 1 aromatic rings. The molecule has 1 fully saturated rings. The van der Waals surface area contributed by atoms with Crippen LogP contribution in [0.15, 0.2) is 12.3 Å². The Hall–Kier alpha value is -1.60. The van der Waals surface area contributed by atoms with Gasteiger partial charge in [-0.1, -0.05) is 0 Å². The van der Waals surface area contributed by atoms with E-state index in [0.717, 1.165) is 0 Å². The van der Waals surface area contributed by atoms with Crippen LogP contribution in [-0.4, -0.2) is 48.3 Å². The maximum absolute atomic E-state index is 12.0. The predicted octanol–water partition coefficient (Wildman–Crippen LogP) is 1.17. The first-order chi connectivity index (χ1) is 9.41. The molecule has 1 aliphatic rings. The van der Waals surface area contributed by atoms with E-state index in [1.807, 2.05) is 20.8 Å². The second kappa shape index (κ2) is 5.80. The van der Waals surface area contributed by atoms with Crippen molar-refractivity contribution in [1.82, 2.24) is 15.1 Å². The van der Waals surface area contributed by atoms with Gasteiger partial charge in [-0.15, -0.1) is 0 Å². The molecule has 0 aliphatic carbocycles. The Labute approximate surface area is 118 Å². The van der Waals surface area contributed by atoms with E-state index in [1.54, 1.807) is 24.1 Å². The summed E-state index contributed by atoms with van der Waals surface area (Å²) < 4.78 is 12.3. The molecular formula is C13H22N4O3. The molecule has 7 heteroatoms. The molecule has 0 unspecified atom stereocenters. The summed E-state index contributed by atoms with van der Waals surface area (Å²) in [6.45, 7) is 7.03. The third kappa shape index (κ3) is 3.29. The van der Waals surface area contributed by atoms with Crippen LogP contribution in [0.25, 0.3) is 0 Å². The monoisotopic (exact) mass is 282 g/mol. The van der Waals surface area contributed by atoms with Gasteiger partial charge < -0.3 is 14.8 Å². The number of anilines is 1. The van der Waals surface area contributed by atoms with Crippen LogP contribution in [0.4, 0.5) is 10.6 Å². The Kier molecular flexibility index (Phi) is 4.29. The van der Waals surface area contributed by atoms with Crippen molar-refractivity contribution in [3.8, 4) is 0 Å². The fourth-order valence-corrected chi connectivity index (χ4v) is 2.15. The van der Waals surface area contributed by atoms with E-state index in [4.69, 9.17) is 9.47 Å². The Morgan fingerprint density at radius 3 is 2.90 bits per heavy atom. The SMILES string of the molecule is CO[C@@H]1COC[C@@H]1NC(=O)Nc1ccnn1C(C)(C)C. The lowest BCUT2D eigenvalue weighted by Gasteiger charge is -2.23. The van der Waals surface area contributed by atoms with Crippen LogP contribution in [0.5, 0.6) is 0 Å². The summed E-state index contributed by atoms with van der Waals surface area (Å²) in [6.07, 6.45) is 1.56. The van der Waals surface area contributed by atoms with Crippen molar-refractivity contribution in [3.05, 3.63) is 12.3 Å². The molecule has 0 saturated carbocycles. The number of carbonyl (C=O) groups is 1. The van der Waals surface area contributed by atoms with Gasteiger partial charge in [-0.05, 0) is 20.8 Å². The van der Waals surface area contributed by atoms with Crippen LogP contribution in [0.2, 0.25) is 0 Å². The van der Waals surface area contributed by atoms with Crippen molar-refractivity contribution in [3.63, 3.8) is 0 Å². The Morgan fingerprint density at radius 1 is 1.50 bits per heavy atom. The molecule has 1 aromatic heterocycles. The normalized spacial score (nSPS) is 22.8. The lowest BCUT2D eigenvalue weighted by Crippen LogP contribution is -2.45. The fourth-order valence-electron chi connectivity index (χ4n) is 2.15. The molecule has 20 heavy (non-hydrogen) atoms. The molecule has 2 heterocycles. The zero-order valence-corrected chi connectivity index (χ0v) is 12.3. The molecule has 112 valence electrons. The number of hydrogen-bond acceptors (Lipinski definition) is 4. The van der Waals surface area contributed by atoms with Gasteiger partial charge in [0, 0.05) is 13.2 Å². The van der Waals surface area contributed by atoms with Gasteiger partial charge in [-0.3, -0.25) is 5.32 Å². The van der Waals surface area contributed by atoms with Crippen LogP contribution < -0.4 is 10.6 Å². The molecule has 2 N–H and O–H groups in total. The van der Waals surface area contributed by atoms with Gasteiger partial charge in [0.05, 0.1) is 31.0 Å². The molecule has 0 aromatic carbocycles. The minimum Gasteiger partial charge on any atom is -0.377 e. The number of amides is 2. The average molecular weight is 282 g/mol. The van der Waals surface area contributed by atoms with Crippen molar-refractivity contribution in [1.29, 1.82) is 0 Å². The molecule has 1 aliphatic heterocycles. The zero-order chi connectivity index (χ0) is 14.8. The van der Waals surface area contributed by atoms with E-state index in [0.29, 0.717) is 19.0 Å². The highest BCUT2D eigenvalue weighted by atomic mass is 16.5. The molecule has 2 atom stereocenters. The van der Waals surface area contributed by atoms with Crippen LogP contribution in [0, 0.1) is 0 Å². The summed E-state index contributed by atoms with van der Waals surface area (Å²) in [5.74, 6) is 0.655. The number of urea groups is 1. The summed E-state index contributed by atoms with van der Waals surface area (Å²) in [4.78, 5) is 12.0. The zero-order valence-electron chi connectivity index (χ0n) is 12.3. The highest BCUT2D eigenvalue weighted by Crippen LogP contribution is 2.19. The smallest absolute Gasteiger partial charge is 0.320 e. The number of rotatable bonds is 3. The van der Waals surface area contributed by atoms with Crippen molar-refractivity contribution in [2.24, 2.45) is 0 Å². The maximum Gasteiger partial charge on any atom is 0.320 e. The number of ether oxygens (including phenoxy) is 2. The molecule has 0 bridgehead atoms. The topological polar surface area (TPSA) is 77.4 Å². The molecule has 7 nitrogen and oxygen atoms in total. The average Bonchev–Trinajstić information content (AvgIpc) is 2.96. The second-order valence-corrected chi connectivity index (χ2v) is 5.82. The van der Waals surface area contributed by atoms with E-state index in [-0.39, 0.29) is 23.7 Å². The number of methoxy groups -OCH3 is 1. The first-order valence-corrected chi connectivity index (χ1v) is 6.64. The first-order valence-electron chi connectivity index (χ1n) is 6.64. The Balaban J connectivity index is 1.97. The quantitative estimate of drug-likeness (QED) is 0.872. The van der Waals surface area contributed by atoms with E-state index >= 15 is 0 Å². The van der Waals surface area contributed by atoms with E-state index in [9.17, 15) is 4.79 Å². The lowest BCUT2D eigenvalue weighted by atomic mass is 10.1. The van der Waals surface area contributed by atoms with Gasteiger partial charge in [-0.25, -0.2) is 9.48 Å². The summed E-state index contributed by atoms with van der Waals surface area (Å²) in [7, 11) is 1.61. The second-order valence-electron chi connectivity index (χ2n) is 5.82. The molecular weight excluding hydrogens is 260 g/mol. The highest BCUT2D eigenvalue weighted by Gasteiger charge is 2.29. The molecule has 2 rings (SSSR count). The first kappa shape index (κ1) is 14.8.